The van der Waals surface area contributed by atoms with Crippen molar-refractivity contribution in [1.82, 2.24) is 10.2 Å². The second-order valence-corrected chi connectivity index (χ2v) is 13.4. The number of para-hydroxylation sites is 1. The normalized spacial score (nSPS) is 13.3. The van der Waals surface area contributed by atoms with E-state index in [9.17, 15) is 14.4 Å². The van der Waals surface area contributed by atoms with Crippen LogP contribution in [0.15, 0.2) is 36.4 Å². The number of alkyl carbamates (subject to hydrolysis) is 1. The summed E-state index contributed by atoms with van der Waals surface area (Å²) in [7, 11) is 0. The molecule has 2 atom stereocenters. The Morgan fingerprint density at radius 3 is 1.95 bits per heavy atom. The van der Waals surface area contributed by atoms with Gasteiger partial charge in [0, 0.05) is 11.2 Å². The Balaban J connectivity index is 2.66. The van der Waals surface area contributed by atoms with E-state index in [1.807, 2.05) is 91.1 Å². The first kappa shape index (κ1) is 33.2. The first-order valence-corrected chi connectivity index (χ1v) is 15.1. The molecule has 2 rings (SSSR count). The minimum atomic E-state index is -0.942. The maximum atomic E-state index is 14.4. The fraction of sp³-hybridized carbons (Fsp3) is 0.531. The van der Waals surface area contributed by atoms with E-state index < -0.39 is 29.3 Å². The maximum Gasteiger partial charge on any atom is 0.408 e. The Morgan fingerprint density at radius 1 is 0.925 bits per heavy atom. The number of hydrogen-bond donors (Lipinski definition) is 2. The van der Waals surface area contributed by atoms with E-state index in [0.717, 1.165) is 27.9 Å². The van der Waals surface area contributed by atoms with Gasteiger partial charge in [0.15, 0.2) is 0 Å². The molecule has 0 heterocycles. The monoisotopic (exact) mass is 569 g/mol. The summed E-state index contributed by atoms with van der Waals surface area (Å²) in [6, 6.07) is 9.97. The molecule has 0 radical (unpaired) electrons. The molecule has 2 aromatic carbocycles. The summed E-state index contributed by atoms with van der Waals surface area (Å²) in [5.41, 5.74) is 3.83. The van der Waals surface area contributed by atoms with E-state index in [4.69, 9.17) is 4.74 Å². The predicted molar refractivity (Wildman–Crippen MR) is 166 cm³/mol. The SMILES string of the molecule is CSCCC(NC(=O)OC(C)(C)C)C(=O)N(C(C(=O)Nc1c(C)cccc1C)c1cc(C)cc(C)c1)C(C)(C)C. The molecule has 0 aliphatic heterocycles. The molecule has 220 valence electrons. The third-order valence-corrected chi connectivity index (χ3v) is 7.00. The zero-order valence-corrected chi connectivity index (χ0v) is 26.8. The van der Waals surface area contributed by atoms with E-state index >= 15 is 0 Å². The summed E-state index contributed by atoms with van der Waals surface area (Å²) in [5.74, 6) is -0.00714. The summed E-state index contributed by atoms with van der Waals surface area (Å²) in [5, 5.41) is 5.93. The number of aryl methyl sites for hydroxylation is 4. The van der Waals surface area contributed by atoms with Crippen LogP contribution in [0.5, 0.6) is 0 Å². The van der Waals surface area contributed by atoms with E-state index in [2.05, 4.69) is 10.6 Å². The first-order valence-electron chi connectivity index (χ1n) is 13.7. The third-order valence-electron chi connectivity index (χ3n) is 6.36. The van der Waals surface area contributed by atoms with E-state index in [1.54, 1.807) is 37.4 Å². The van der Waals surface area contributed by atoms with Gasteiger partial charge in [0.2, 0.25) is 5.91 Å². The zero-order chi connectivity index (χ0) is 30.4. The van der Waals surface area contributed by atoms with Crippen molar-refractivity contribution in [2.75, 3.05) is 17.3 Å². The molecule has 0 saturated heterocycles. The van der Waals surface area contributed by atoms with Crippen molar-refractivity contribution in [2.24, 2.45) is 0 Å². The summed E-state index contributed by atoms with van der Waals surface area (Å²) in [4.78, 5) is 43.1. The number of anilines is 1. The molecule has 2 aromatic rings. The lowest BCUT2D eigenvalue weighted by Gasteiger charge is -2.43. The van der Waals surface area contributed by atoms with Crippen LogP contribution in [0.25, 0.3) is 0 Å². The van der Waals surface area contributed by atoms with Gasteiger partial charge in [-0.2, -0.15) is 11.8 Å². The van der Waals surface area contributed by atoms with Gasteiger partial charge in [-0.1, -0.05) is 47.5 Å². The van der Waals surface area contributed by atoms with Gasteiger partial charge in [-0.3, -0.25) is 9.59 Å². The van der Waals surface area contributed by atoms with Crippen molar-refractivity contribution >= 4 is 35.4 Å². The van der Waals surface area contributed by atoms with Gasteiger partial charge >= 0.3 is 6.09 Å². The molecular formula is C32H47N3O4S. The Hall–Kier alpha value is -3.00. The maximum absolute atomic E-state index is 14.4. The molecule has 0 bridgehead atoms. The van der Waals surface area contributed by atoms with Crippen LogP contribution < -0.4 is 10.6 Å². The van der Waals surface area contributed by atoms with Crippen LogP contribution in [0, 0.1) is 27.7 Å². The highest BCUT2D eigenvalue weighted by Crippen LogP contribution is 2.33. The molecule has 0 aromatic heterocycles. The number of thioether (sulfide) groups is 1. The van der Waals surface area contributed by atoms with Gasteiger partial charge in [-0.05, 0) is 104 Å². The van der Waals surface area contributed by atoms with E-state index in [1.165, 1.54) is 0 Å². The fourth-order valence-corrected chi connectivity index (χ4v) is 5.22. The van der Waals surface area contributed by atoms with Crippen molar-refractivity contribution in [1.29, 1.82) is 0 Å². The van der Waals surface area contributed by atoms with E-state index in [0.29, 0.717) is 17.7 Å². The Kier molecular flexibility index (Phi) is 11.3. The molecule has 3 amide bonds. The number of hydrogen-bond acceptors (Lipinski definition) is 5. The van der Waals surface area contributed by atoms with Gasteiger partial charge in [0.05, 0.1) is 0 Å². The van der Waals surface area contributed by atoms with Crippen LogP contribution in [0.3, 0.4) is 0 Å². The summed E-state index contributed by atoms with van der Waals surface area (Å²) >= 11 is 1.58. The molecule has 8 heteroatoms. The predicted octanol–water partition coefficient (Wildman–Crippen LogP) is 6.87. The zero-order valence-electron chi connectivity index (χ0n) is 26.0. The first-order chi connectivity index (χ1) is 18.4. The molecule has 2 N–H and O–H groups in total. The largest absolute Gasteiger partial charge is 0.444 e. The second-order valence-electron chi connectivity index (χ2n) is 12.4. The summed E-state index contributed by atoms with van der Waals surface area (Å²) < 4.78 is 5.49. The Bertz CT molecular complexity index is 1170. The number of carbonyl (C=O) groups is 3. The quantitative estimate of drug-likeness (QED) is 0.344. The topological polar surface area (TPSA) is 87.7 Å². The lowest BCUT2D eigenvalue weighted by molar-refractivity contribution is -0.146. The Morgan fingerprint density at radius 2 is 1.48 bits per heavy atom. The Labute approximate surface area is 244 Å². The molecule has 0 fully saturated rings. The summed E-state index contributed by atoms with van der Waals surface area (Å²) in [6.07, 6.45) is 1.68. The molecule has 2 unspecified atom stereocenters. The van der Waals surface area contributed by atoms with Crippen LogP contribution in [0.4, 0.5) is 10.5 Å². The lowest BCUT2D eigenvalue weighted by atomic mass is 9.93. The smallest absolute Gasteiger partial charge is 0.408 e. The average molecular weight is 570 g/mol. The summed E-state index contributed by atoms with van der Waals surface area (Å²) in [6.45, 7) is 18.9. The number of carbonyl (C=O) groups excluding carboxylic acids is 3. The number of nitrogens with zero attached hydrogens (tertiary/aromatic N) is 1. The molecular weight excluding hydrogens is 522 g/mol. The lowest BCUT2D eigenvalue weighted by Crippen LogP contribution is -2.58. The minimum absolute atomic E-state index is 0.313. The third kappa shape index (κ3) is 9.29. The molecule has 0 spiro atoms. The number of benzene rings is 2. The van der Waals surface area contributed by atoms with Crippen molar-refractivity contribution in [3.8, 4) is 0 Å². The van der Waals surface area contributed by atoms with Crippen molar-refractivity contribution in [3.05, 3.63) is 64.2 Å². The van der Waals surface area contributed by atoms with Crippen LogP contribution in [-0.4, -0.2) is 52.0 Å². The van der Waals surface area contributed by atoms with Gasteiger partial charge < -0.3 is 20.3 Å². The van der Waals surface area contributed by atoms with Crippen molar-refractivity contribution in [3.63, 3.8) is 0 Å². The van der Waals surface area contributed by atoms with E-state index in [-0.39, 0.29) is 11.8 Å². The minimum Gasteiger partial charge on any atom is -0.444 e. The average Bonchev–Trinajstić information content (AvgIpc) is 2.79. The van der Waals surface area contributed by atoms with Crippen LogP contribution in [0.2, 0.25) is 0 Å². The number of nitrogens with one attached hydrogen (secondary N) is 2. The standard InChI is InChI=1S/C32H47N3O4S/c1-20-17-21(2)19-24(18-20)27(28(36)34-26-22(3)13-12-14-23(26)4)35(31(5,6)7)29(37)25(15-16-40-11)33-30(38)39-32(8,9)10/h12-14,17-19,25,27H,15-16H2,1-11H3,(H,33,38)(H,34,36). The highest BCUT2D eigenvalue weighted by molar-refractivity contribution is 7.98. The van der Waals surface area contributed by atoms with Crippen molar-refractivity contribution in [2.45, 2.75) is 98.9 Å². The van der Waals surface area contributed by atoms with Gasteiger partial charge in [0.25, 0.3) is 5.91 Å². The molecule has 0 saturated carbocycles. The second kappa shape index (κ2) is 13.6. The molecule has 0 aliphatic rings. The number of ether oxygens (including phenoxy) is 1. The van der Waals surface area contributed by atoms with Gasteiger partial charge in [-0.15, -0.1) is 0 Å². The molecule has 40 heavy (non-hydrogen) atoms. The highest BCUT2D eigenvalue weighted by atomic mass is 32.2. The number of amides is 3. The van der Waals surface area contributed by atoms with Crippen LogP contribution in [0.1, 0.15) is 81.8 Å². The number of rotatable bonds is 9. The molecule has 7 nitrogen and oxygen atoms in total. The van der Waals surface area contributed by atoms with Gasteiger partial charge in [-0.25, -0.2) is 4.79 Å². The van der Waals surface area contributed by atoms with Crippen LogP contribution >= 0.6 is 11.8 Å². The fourth-order valence-electron chi connectivity index (χ4n) is 4.74. The molecule has 0 aliphatic carbocycles. The van der Waals surface area contributed by atoms with Crippen LogP contribution in [-0.2, 0) is 14.3 Å². The van der Waals surface area contributed by atoms with Gasteiger partial charge in [0.1, 0.15) is 17.7 Å². The van der Waals surface area contributed by atoms with Crippen molar-refractivity contribution < 1.29 is 19.1 Å². The highest BCUT2D eigenvalue weighted by Gasteiger charge is 2.42.